The van der Waals surface area contributed by atoms with Crippen molar-refractivity contribution in [3.05, 3.63) is 65.2 Å². The fourth-order valence-electron chi connectivity index (χ4n) is 3.18. The van der Waals surface area contributed by atoms with E-state index in [9.17, 15) is 4.79 Å². The predicted molar refractivity (Wildman–Crippen MR) is 109 cm³/mol. The van der Waals surface area contributed by atoms with Gasteiger partial charge in [0.2, 0.25) is 0 Å². The minimum atomic E-state index is -0.136. The van der Waals surface area contributed by atoms with Crippen LogP contribution in [0.15, 0.2) is 53.5 Å². The van der Waals surface area contributed by atoms with Crippen LogP contribution in [0.25, 0.3) is 22.2 Å². The number of hydrogen-bond acceptors (Lipinski definition) is 4. The predicted octanol–water partition coefficient (Wildman–Crippen LogP) is 4.35. The van der Waals surface area contributed by atoms with E-state index in [0.717, 1.165) is 40.0 Å². The molecule has 3 aromatic rings. The third-order valence-corrected chi connectivity index (χ3v) is 5.32. The van der Waals surface area contributed by atoms with Gasteiger partial charge in [0.05, 0.1) is 23.3 Å². The van der Waals surface area contributed by atoms with Crippen molar-refractivity contribution in [2.45, 2.75) is 13.8 Å². The molecule has 1 amide bonds. The summed E-state index contributed by atoms with van der Waals surface area (Å²) in [7, 11) is 0. The van der Waals surface area contributed by atoms with Gasteiger partial charge in [0.15, 0.2) is 5.17 Å². The second kappa shape index (κ2) is 6.92. The van der Waals surface area contributed by atoms with Crippen molar-refractivity contribution in [2.24, 2.45) is 4.99 Å². The number of fused-ring (bicyclic) bond motifs is 1. The van der Waals surface area contributed by atoms with Crippen molar-refractivity contribution in [3.63, 3.8) is 0 Å². The van der Waals surface area contributed by atoms with E-state index in [1.54, 1.807) is 11.8 Å². The van der Waals surface area contributed by atoms with E-state index in [0.29, 0.717) is 10.7 Å². The lowest BCUT2D eigenvalue weighted by atomic mass is 9.99. The molecular formula is C21H19N3OS. The van der Waals surface area contributed by atoms with Crippen molar-refractivity contribution in [1.82, 2.24) is 10.3 Å². The fraction of sp³-hybridized carbons (Fsp3) is 0.190. The smallest absolute Gasteiger partial charge is 0.257 e. The maximum Gasteiger partial charge on any atom is 0.257 e. The van der Waals surface area contributed by atoms with E-state index < -0.39 is 0 Å². The van der Waals surface area contributed by atoms with Crippen LogP contribution in [0.2, 0.25) is 0 Å². The number of carbonyl (C=O) groups excluding carboxylic acids is 1. The first-order valence-corrected chi connectivity index (χ1v) is 9.56. The number of aliphatic imine (C=N–C) groups is 1. The Morgan fingerprint density at radius 3 is 2.73 bits per heavy atom. The maximum absolute atomic E-state index is 12.9. The second-order valence-corrected chi connectivity index (χ2v) is 7.46. The first kappa shape index (κ1) is 16.8. The summed E-state index contributed by atoms with van der Waals surface area (Å²) in [6.45, 7) is 4.90. The van der Waals surface area contributed by atoms with E-state index >= 15 is 0 Å². The van der Waals surface area contributed by atoms with Gasteiger partial charge in [-0.25, -0.2) is 4.98 Å². The summed E-state index contributed by atoms with van der Waals surface area (Å²) in [4.78, 5) is 22.0. The lowest BCUT2D eigenvalue weighted by molar-refractivity contribution is 0.0979. The van der Waals surface area contributed by atoms with Crippen LogP contribution in [-0.4, -0.2) is 28.4 Å². The molecule has 0 unspecified atom stereocenters. The molecule has 2 heterocycles. The first-order chi connectivity index (χ1) is 12.6. The molecule has 4 rings (SSSR count). The minimum Gasteiger partial charge on any atom is -0.301 e. The zero-order valence-electron chi connectivity index (χ0n) is 14.7. The molecule has 0 saturated carbocycles. The highest BCUT2D eigenvalue weighted by molar-refractivity contribution is 8.14. The van der Waals surface area contributed by atoms with Gasteiger partial charge in [-0.15, -0.1) is 0 Å². The summed E-state index contributed by atoms with van der Waals surface area (Å²) in [5.74, 6) is 0.781. The second-order valence-electron chi connectivity index (χ2n) is 6.38. The topological polar surface area (TPSA) is 54.4 Å². The number of aromatic nitrogens is 1. The molecule has 0 atom stereocenters. The molecule has 0 bridgehead atoms. The molecular weight excluding hydrogens is 342 g/mol. The van der Waals surface area contributed by atoms with Crippen LogP contribution in [0.4, 0.5) is 0 Å². The molecule has 26 heavy (non-hydrogen) atoms. The number of para-hydroxylation sites is 1. The zero-order chi connectivity index (χ0) is 18.1. The summed E-state index contributed by atoms with van der Waals surface area (Å²) >= 11 is 1.58. The number of carbonyl (C=O) groups is 1. The zero-order valence-corrected chi connectivity index (χ0v) is 15.6. The Labute approximate surface area is 156 Å². The summed E-state index contributed by atoms with van der Waals surface area (Å²) in [6.07, 6.45) is 0. The Hall–Kier alpha value is -2.66. The number of nitrogens with one attached hydrogen (secondary N) is 1. The summed E-state index contributed by atoms with van der Waals surface area (Å²) in [6, 6.07) is 15.9. The van der Waals surface area contributed by atoms with Crippen molar-refractivity contribution in [2.75, 3.05) is 12.3 Å². The standard InChI is InChI=1S/C21H19N3OS/c1-13-7-8-15(14(2)11-13)19-12-17(16-5-3-4-6-18(16)23-19)20(25)24-21-22-9-10-26-21/h3-8,11-12H,9-10H2,1-2H3,(H,22,24,25). The molecule has 0 spiro atoms. The highest BCUT2D eigenvalue weighted by Crippen LogP contribution is 2.28. The molecule has 130 valence electrons. The van der Waals surface area contributed by atoms with E-state index in [1.807, 2.05) is 30.3 Å². The average molecular weight is 361 g/mol. The molecule has 1 aliphatic heterocycles. The van der Waals surface area contributed by atoms with Crippen LogP contribution in [0, 0.1) is 13.8 Å². The Morgan fingerprint density at radius 1 is 1.12 bits per heavy atom. The number of thioether (sulfide) groups is 1. The average Bonchev–Trinajstić information content (AvgIpc) is 3.13. The van der Waals surface area contributed by atoms with E-state index in [-0.39, 0.29) is 5.91 Å². The lowest BCUT2D eigenvalue weighted by Crippen LogP contribution is -2.27. The third-order valence-electron chi connectivity index (χ3n) is 4.42. The van der Waals surface area contributed by atoms with Gasteiger partial charge in [0.25, 0.3) is 5.91 Å². The molecule has 0 fully saturated rings. The Bertz CT molecular complexity index is 1040. The highest BCUT2D eigenvalue weighted by atomic mass is 32.2. The fourth-order valence-corrected chi connectivity index (χ4v) is 3.90. The van der Waals surface area contributed by atoms with Crippen LogP contribution in [0.1, 0.15) is 21.5 Å². The van der Waals surface area contributed by atoms with Gasteiger partial charge in [-0.3, -0.25) is 9.79 Å². The molecule has 0 aliphatic carbocycles. The van der Waals surface area contributed by atoms with Crippen LogP contribution >= 0.6 is 11.8 Å². The number of hydrogen-bond donors (Lipinski definition) is 1. The van der Waals surface area contributed by atoms with Gasteiger partial charge in [-0.05, 0) is 31.5 Å². The molecule has 5 heteroatoms. The number of benzene rings is 2. The molecule has 4 nitrogen and oxygen atoms in total. The third kappa shape index (κ3) is 3.22. The van der Waals surface area contributed by atoms with Gasteiger partial charge >= 0.3 is 0 Å². The van der Waals surface area contributed by atoms with Gasteiger partial charge < -0.3 is 5.32 Å². The van der Waals surface area contributed by atoms with Crippen LogP contribution in [-0.2, 0) is 0 Å². The Kier molecular flexibility index (Phi) is 4.47. The first-order valence-electron chi connectivity index (χ1n) is 8.58. The van der Waals surface area contributed by atoms with E-state index in [4.69, 9.17) is 4.98 Å². The van der Waals surface area contributed by atoms with Crippen LogP contribution in [0.5, 0.6) is 0 Å². The minimum absolute atomic E-state index is 0.136. The normalized spacial score (nSPS) is 13.7. The van der Waals surface area contributed by atoms with Crippen molar-refractivity contribution < 1.29 is 4.79 Å². The van der Waals surface area contributed by atoms with Gasteiger partial charge in [-0.1, -0.05) is 53.7 Å². The van der Waals surface area contributed by atoms with Crippen LogP contribution in [0.3, 0.4) is 0 Å². The molecule has 0 radical (unpaired) electrons. The van der Waals surface area contributed by atoms with E-state index in [1.165, 1.54) is 5.56 Å². The molecule has 1 aromatic heterocycles. The number of aryl methyl sites for hydroxylation is 2. The number of pyridine rings is 1. The summed E-state index contributed by atoms with van der Waals surface area (Å²) in [5, 5.41) is 4.48. The quantitative estimate of drug-likeness (QED) is 0.738. The van der Waals surface area contributed by atoms with Crippen molar-refractivity contribution in [3.8, 4) is 11.3 Å². The summed E-state index contributed by atoms with van der Waals surface area (Å²) < 4.78 is 0. The van der Waals surface area contributed by atoms with Crippen LogP contribution < -0.4 is 5.32 Å². The van der Waals surface area contributed by atoms with Gasteiger partial charge in [-0.2, -0.15) is 0 Å². The van der Waals surface area contributed by atoms with E-state index in [2.05, 4.69) is 42.4 Å². The SMILES string of the molecule is Cc1ccc(-c2cc(C(=O)NC3=NCCS3)c3ccccc3n2)c(C)c1. The number of nitrogens with zero attached hydrogens (tertiary/aromatic N) is 2. The maximum atomic E-state index is 12.9. The molecule has 2 aromatic carbocycles. The number of amidine groups is 1. The number of amides is 1. The molecule has 1 aliphatic rings. The largest absolute Gasteiger partial charge is 0.301 e. The van der Waals surface area contributed by atoms with Crippen molar-refractivity contribution in [1.29, 1.82) is 0 Å². The number of rotatable bonds is 2. The Balaban J connectivity index is 1.84. The summed E-state index contributed by atoms with van der Waals surface area (Å²) in [5.41, 5.74) is 5.66. The Morgan fingerprint density at radius 2 is 1.96 bits per heavy atom. The monoisotopic (exact) mass is 361 g/mol. The van der Waals surface area contributed by atoms with Crippen molar-refractivity contribution >= 4 is 33.7 Å². The lowest BCUT2D eigenvalue weighted by Gasteiger charge is -2.12. The van der Waals surface area contributed by atoms with Gasteiger partial charge in [0.1, 0.15) is 0 Å². The highest BCUT2D eigenvalue weighted by Gasteiger charge is 2.17. The molecule has 0 saturated heterocycles. The van der Waals surface area contributed by atoms with Gasteiger partial charge in [0, 0.05) is 16.7 Å². The molecule has 1 N–H and O–H groups in total.